The minimum atomic E-state index is -0.0648. The summed E-state index contributed by atoms with van der Waals surface area (Å²) in [5.74, 6) is 0.840. The monoisotopic (exact) mass is 251 g/mol. The molecule has 0 bridgehead atoms. The van der Waals surface area contributed by atoms with Crippen molar-refractivity contribution in [2.24, 2.45) is 5.73 Å². The van der Waals surface area contributed by atoms with E-state index in [1.165, 1.54) is 11.1 Å². The molecule has 2 nitrogen and oxygen atoms in total. The molecule has 0 amide bonds. The summed E-state index contributed by atoms with van der Waals surface area (Å²) in [6.45, 7) is 1.93. The zero-order chi connectivity index (χ0) is 13.2. The molecule has 2 heteroatoms. The highest BCUT2D eigenvalue weighted by atomic mass is 16.3. The molecule has 1 heterocycles. The van der Waals surface area contributed by atoms with E-state index in [-0.39, 0.29) is 6.04 Å². The van der Waals surface area contributed by atoms with Crippen LogP contribution < -0.4 is 5.73 Å². The average molecular weight is 251 g/mol. The van der Waals surface area contributed by atoms with Gasteiger partial charge in [-0.25, -0.2) is 0 Å². The smallest absolute Gasteiger partial charge is 0.134 e. The van der Waals surface area contributed by atoms with Crippen molar-refractivity contribution in [3.63, 3.8) is 0 Å². The van der Waals surface area contributed by atoms with Gasteiger partial charge < -0.3 is 10.2 Å². The molecule has 19 heavy (non-hydrogen) atoms. The quantitative estimate of drug-likeness (QED) is 0.763. The van der Waals surface area contributed by atoms with Crippen LogP contribution in [0.4, 0.5) is 0 Å². The molecule has 0 radical (unpaired) electrons. The van der Waals surface area contributed by atoms with Gasteiger partial charge in [-0.05, 0) is 42.7 Å². The van der Waals surface area contributed by atoms with Crippen LogP contribution in [0.1, 0.15) is 29.9 Å². The Morgan fingerprint density at radius 2 is 1.79 bits per heavy atom. The summed E-state index contributed by atoms with van der Waals surface area (Å²) in [5, 5.41) is 1.13. The minimum Gasteiger partial charge on any atom is -0.459 e. The Kier molecular flexibility index (Phi) is 3.10. The molecule has 96 valence electrons. The van der Waals surface area contributed by atoms with E-state index in [1.807, 2.05) is 25.1 Å². The van der Waals surface area contributed by atoms with Crippen molar-refractivity contribution in [3.8, 4) is 0 Å². The number of hydrogen-bond acceptors (Lipinski definition) is 2. The molecule has 0 aliphatic rings. The van der Waals surface area contributed by atoms with Gasteiger partial charge in [0.25, 0.3) is 0 Å². The fourth-order valence-electron chi connectivity index (χ4n) is 2.28. The van der Waals surface area contributed by atoms with E-state index in [0.29, 0.717) is 0 Å². The molecule has 0 saturated carbocycles. The Morgan fingerprint density at radius 3 is 2.53 bits per heavy atom. The van der Waals surface area contributed by atoms with E-state index >= 15 is 0 Å². The number of fused-ring (bicyclic) bond motifs is 1. The molecule has 0 fully saturated rings. The summed E-state index contributed by atoms with van der Waals surface area (Å²) in [4.78, 5) is 0. The summed E-state index contributed by atoms with van der Waals surface area (Å²) < 4.78 is 5.71. The van der Waals surface area contributed by atoms with Gasteiger partial charge in [0, 0.05) is 5.39 Å². The maximum Gasteiger partial charge on any atom is 0.134 e. The molecule has 1 unspecified atom stereocenters. The molecular formula is C17H17NO. The van der Waals surface area contributed by atoms with Crippen molar-refractivity contribution in [2.75, 3.05) is 0 Å². The Hall–Kier alpha value is -2.06. The van der Waals surface area contributed by atoms with E-state index in [1.54, 1.807) is 0 Å². The van der Waals surface area contributed by atoms with Gasteiger partial charge in [0.05, 0.1) is 6.04 Å². The molecule has 2 N–H and O–H groups in total. The number of nitrogens with two attached hydrogens (primary N) is 1. The normalized spacial score (nSPS) is 12.7. The van der Waals surface area contributed by atoms with Crippen LogP contribution in [0.3, 0.4) is 0 Å². The molecule has 1 aromatic heterocycles. The molecule has 0 saturated heterocycles. The fourth-order valence-corrected chi connectivity index (χ4v) is 2.28. The average Bonchev–Trinajstić information content (AvgIpc) is 2.83. The van der Waals surface area contributed by atoms with Gasteiger partial charge in [-0.3, -0.25) is 0 Å². The van der Waals surface area contributed by atoms with Gasteiger partial charge in [-0.15, -0.1) is 0 Å². The lowest BCUT2D eigenvalue weighted by molar-refractivity contribution is 0.513. The first-order valence-electron chi connectivity index (χ1n) is 6.54. The van der Waals surface area contributed by atoms with E-state index < -0.39 is 0 Å². The second-order valence-corrected chi connectivity index (χ2v) is 4.97. The Labute approximate surface area is 112 Å². The largest absolute Gasteiger partial charge is 0.459 e. The van der Waals surface area contributed by atoms with Crippen LogP contribution >= 0.6 is 0 Å². The zero-order valence-electron chi connectivity index (χ0n) is 11.0. The Morgan fingerprint density at radius 1 is 1.00 bits per heavy atom. The van der Waals surface area contributed by atoms with Crippen molar-refractivity contribution in [1.29, 1.82) is 0 Å². The topological polar surface area (TPSA) is 39.2 Å². The molecule has 3 aromatic rings. The molecule has 0 aliphatic carbocycles. The highest BCUT2D eigenvalue weighted by Gasteiger charge is 2.08. The Balaban J connectivity index is 1.93. The molecule has 1 atom stereocenters. The fraction of sp³-hybridized carbons (Fsp3) is 0.176. The predicted molar refractivity (Wildman–Crippen MR) is 78.1 cm³/mol. The molecule has 0 spiro atoms. The van der Waals surface area contributed by atoms with Gasteiger partial charge in [-0.1, -0.05) is 36.4 Å². The third kappa shape index (κ3) is 2.54. The summed E-state index contributed by atoms with van der Waals surface area (Å²) in [5.41, 5.74) is 9.36. The van der Waals surface area contributed by atoms with Gasteiger partial charge in [-0.2, -0.15) is 0 Å². The first-order valence-corrected chi connectivity index (χ1v) is 6.54. The number of benzene rings is 2. The number of hydrogen-bond donors (Lipinski definition) is 1. The highest BCUT2D eigenvalue weighted by molar-refractivity contribution is 5.79. The van der Waals surface area contributed by atoms with Crippen LogP contribution in [-0.2, 0) is 6.42 Å². The van der Waals surface area contributed by atoms with Crippen LogP contribution in [0, 0.1) is 0 Å². The van der Waals surface area contributed by atoms with Gasteiger partial charge in [0.2, 0.25) is 0 Å². The highest BCUT2D eigenvalue weighted by Crippen LogP contribution is 2.24. The van der Waals surface area contributed by atoms with E-state index in [9.17, 15) is 0 Å². The summed E-state index contributed by atoms with van der Waals surface area (Å²) >= 11 is 0. The van der Waals surface area contributed by atoms with Crippen molar-refractivity contribution in [1.82, 2.24) is 0 Å². The molecular weight excluding hydrogens is 234 g/mol. The van der Waals surface area contributed by atoms with Gasteiger partial charge in [0.15, 0.2) is 0 Å². The second kappa shape index (κ2) is 4.90. The van der Waals surface area contributed by atoms with Crippen molar-refractivity contribution < 1.29 is 4.42 Å². The standard InChI is InChI=1S/C17H17NO/c1-12(18)17-11-15-10-14(7-8-16(15)19-17)9-13-5-3-2-4-6-13/h2-8,10-12H,9,18H2,1H3. The predicted octanol–water partition coefficient (Wildman–Crippen LogP) is 4.04. The first kappa shape index (κ1) is 12.0. The van der Waals surface area contributed by atoms with Crippen LogP contribution in [-0.4, -0.2) is 0 Å². The summed E-state index contributed by atoms with van der Waals surface area (Å²) in [6, 6.07) is 18.8. The van der Waals surface area contributed by atoms with Crippen LogP contribution in [0.25, 0.3) is 11.0 Å². The third-order valence-electron chi connectivity index (χ3n) is 3.30. The summed E-state index contributed by atoms with van der Waals surface area (Å²) in [6.07, 6.45) is 0.940. The Bertz CT molecular complexity index is 683. The second-order valence-electron chi connectivity index (χ2n) is 4.97. The summed E-state index contributed by atoms with van der Waals surface area (Å²) in [7, 11) is 0. The van der Waals surface area contributed by atoms with Crippen LogP contribution in [0.5, 0.6) is 0 Å². The van der Waals surface area contributed by atoms with E-state index in [4.69, 9.17) is 10.2 Å². The number of furan rings is 1. The molecule has 3 rings (SSSR count). The van der Waals surface area contributed by atoms with Crippen LogP contribution in [0.2, 0.25) is 0 Å². The first-order chi connectivity index (χ1) is 9.22. The molecule has 2 aromatic carbocycles. The number of rotatable bonds is 3. The zero-order valence-corrected chi connectivity index (χ0v) is 11.0. The maximum atomic E-state index is 5.85. The van der Waals surface area contributed by atoms with Crippen molar-refractivity contribution in [2.45, 2.75) is 19.4 Å². The van der Waals surface area contributed by atoms with Crippen molar-refractivity contribution >= 4 is 11.0 Å². The van der Waals surface area contributed by atoms with Gasteiger partial charge in [0.1, 0.15) is 11.3 Å². The van der Waals surface area contributed by atoms with E-state index in [0.717, 1.165) is 23.2 Å². The SMILES string of the molecule is CC(N)c1cc2cc(Cc3ccccc3)ccc2o1. The minimum absolute atomic E-state index is 0.0648. The van der Waals surface area contributed by atoms with E-state index in [2.05, 4.69) is 36.4 Å². The van der Waals surface area contributed by atoms with Gasteiger partial charge >= 0.3 is 0 Å². The third-order valence-corrected chi connectivity index (χ3v) is 3.30. The maximum absolute atomic E-state index is 5.85. The van der Waals surface area contributed by atoms with Crippen molar-refractivity contribution in [3.05, 3.63) is 71.5 Å². The lowest BCUT2D eigenvalue weighted by atomic mass is 10.0. The molecule has 0 aliphatic heterocycles. The lowest BCUT2D eigenvalue weighted by Crippen LogP contribution is -2.02. The van der Waals surface area contributed by atoms with Crippen LogP contribution in [0.15, 0.2) is 59.0 Å². The lowest BCUT2D eigenvalue weighted by Gasteiger charge is -2.01.